The maximum atomic E-state index is 11.7. The highest BCUT2D eigenvalue weighted by molar-refractivity contribution is 8.15. The maximum absolute atomic E-state index is 11.7. The van der Waals surface area contributed by atoms with E-state index in [0.29, 0.717) is 12.0 Å². The number of hydrogen-bond donors (Lipinski definition) is 1. The molecule has 17 heavy (non-hydrogen) atoms. The van der Waals surface area contributed by atoms with Crippen LogP contribution in [0.5, 0.6) is 0 Å². The van der Waals surface area contributed by atoms with Crippen molar-refractivity contribution in [3.63, 3.8) is 0 Å². The van der Waals surface area contributed by atoms with Crippen molar-refractivity contribution in [1.82, 2.24) is 5.32 Å². The Morgan fingerprint density at radius 2 is 2.18 bits per heavy atom. The summed E-state index contributed by atoms with van der Waals surface area (Å²) >= 11 is 1.63. The standard InChI is InChI=1S/C13H20N2OS/c1-7(2)11-12(16)15-13(17-11)14-10-6-8-3-4-9(10)5-8/h7-11H,3-6H2,1-2H3,(H,14,15,16)/t8-,9+,10?,11-/m0/s1. The predicted molar refractivity (Wildman–Crippen MR) is 71.0 cm³/mol. The number of hydrogen-bond acceptors (Lipinski definition) is 3. The lowest BCUT2D eigenvalue weighted by atomic mass is 9.96. The van der Waals surface area contributed by atoms with Crippen LogP contribution in [-0.4, -0.2) is 22.4 Å². The first-order valence-electron chi connectivity index (χ1n) is 6.69. The van der Waals surface area contributed by atoms with Gasteiger partial charge in [-0.3, -0.25) is 9.79 Å². The molecule has 2 bridgehead atoms. The fourth-order valence-electron chi connectivity index (χ4n) is 3.40. The second-order valence-corrected chi connectivity index (χ2v) is 7.08. The van der Waals surface area contributed by atoms with Crippen LogP contribution in [0.3, 0.4) is 0 Å². The molecule has 2 aliphatic carbocycles. The van der Waals surface area contributed by atoms with Gasteiger partial charge in [-0.2, -0.15) is 0 Å². The minimum absolute atomic E-state index is 0.0624. The lowest BCUT2D eigenvalue weighted by Gasteiger charge is -2.17. The van der Waals surface area contributed by atoms with E-state index in [-0.39, 0.29) is 11.2 Å². The Bertz CT molecular complexity index is 366. The Hall–Kier alpha value is -0.510. The van der Waals surface area contributed by atoms with Crippen LogP contribution in [0.2, 0.25) is 0 Å². The Kier molecular flexibility index (Phi) is 2.93. The van der Waals surface area contributed by atoms with Crippen molar-refractivity contribution in [3.05, 3.63) is 0 Å². The van der Waals surface area contributed by atoms with Crippen LogP contribution in [0.25, 0.3) is 0 Å². The summed E-state index contributed by atoms with van der Waals surface area (Å²) in [6.45, 7) is 4.19. The van der Waals surface area contributed by atoms with E-state index in [0.717, 1.165) is 17.0 Å². The Morgan fingerprint density at radius 3 is 2.71 bits per heavy atom. The van der Waals surface area contributed by atoms with Crippen LogP contribution >= 0.6 is 11.8 Å². The number of carbonyl (C=O) groups excluding carboxylic acids is 1. The maximum Gasteiger partial charge on any atom is 0.239 e. The molecule has 1 aliphatic heterocycles. The normalized spacial score (nSPS) is 42.8. The minimum Gasteiger partial charge on any atom is -0.304 e. The quantitative estimate of drug-likeness (QED) is 0.820. The number of aliphatic imine (C=N–C) groups is 1. The number of fused-ring (bicyclic) bond motifs is 2. The van der Waals surface area contributed by atoms with Gasteiger partial charge < -0.3 is 5.32 Å². The summed E-state index contributed by atoms with van der Waals surface area (Å²) in [6.07, 6.45) is 5.36. The van der Waals surface area contributed by atoms with Gasteiger partial charge in [-0.25, -0.2) is 0 Å². The molecule has 3 aliphatic rings. The molecule has 0 aromatic carbocycles. The van der Waals surface area contributed by atoms with Crippen molar-refractivity contribution < 1.29 is 4.79 Å². The zero-order valence-corrected chi connectivity index (χ0v) is 11.3. The monoisotopic (exact) mass is 252 g/mol. The SMILES string of the molecule is CC(C)[C@@H]1SC(=NC2C[C@H]3CC[C@@H]2C3)NC1=O. The zero-order chi connectivity index (χ0) is 12.0. The fourth-order valence-corrected chi connectivity index (χ4v) is 4.44. The first kappa shape index (κ1) is 11.6. The van der Waals surface area contributed by atoms with Crippen molar-refractivity contribution in [3.8, 4) is 0 Å². The van der Waals surface area contributed by atoms with Crippen LogP contribution < -0.4 is 5.32 Å². The molecule has 0 aromatic rings. The third-order valence-corrected chi connectivity index (χ3v) is 5.76. The molecule has 94 valence electrons. The Balaban J connectivity index is 1.68. The molecule has 0 radical (unpaired) electrons. The van der Waals surface area contributed by atoms with Crippen molar-refractivity contribution in [1.29, 1.82) is 0 Å². The summed E-state index contributed by atoms with van der Waals surface area (Å²) in [5, 5.41) is 3.89. The molecule has 2 saturated carbocycles. The number of nitrogens with one attached hydrogen (secondary N) is 1. The van der Waals surface area contributed by atoms with E-state index in [4.69, 9.17) is 4.99 Å². The van der Waals surface area contributed by atoms with E-state index in [1.807, 2.05) is 0 Å². The van der Waals surface area contributed by atoms with E-state index in [1.165, 1.54) is 25.7 Å². The number of nitrogens with zero attached hydrogens (tertiary/aromatic N) is 1. The zero-order valence-electron chi connectivity index (χ0n) is 10.5. The van der Waals surface area contributed by atoms with Gasteiger partial charge in [-0.05, 0) is 37.0 Å². The van der Waals surface area contributed by atoms with E-state index in [2.05, 4.69) is 19.2 Å². The molecule has 1 N–H and O–H groups in total. The second-order valence-electron chi connectivity index (χ2n) is 5.95. The fraction of sp³-hybridized carbons (Fsp3) is 0.846. The highest BCUT2D eigenvalue weighted by atomic mass is 32.2. The van der Waals surface area contributed by atoms with Crippen LogP contribution in [0.1, 0.15) is 39.5 Å². The molecule has 3 nitrogen and oxygen atoms in total. The van der Waals surface area contributed by atoms with Gasteiger partial charge in [-0.15, -0.1) is 0 Å². The third-order valence-electron chi connectivity index (χ3n) is 4.32. The van der Waals surface area contributed by atoms with Crippen molar-refractivity contribution in [2.24, 2.45) is 22.7 Å². The smallest absolute Gasteiger partial charge is 0.239 e. The lowest BCUT2D eigenvalue weighted by Crippen LogP contribution is -2.28. The molecular weight excluding hydrogens is 232 g/mol. The van der Waals surface area contributed by atoms with Gasteiger partial charge in [-0.1, -0.05) is 32.0 Å². The topological polar surface area (TPSA) is 41.5 Å². The molecule has 4 heteroatoms. The van der Waals surface area contributed by atoms with Crippen LogP contribution in [0, 0.1) is 17.8 Å². The van der Waals surface area contributed by atoms with Gasteiger partial charge in [0, 0.05) is 0 Å². The molecule has 1 amide bonds. The van der Waals surface area contributed by atoms with Gasteiger partial charge in [0.05, 0.1) is 11.3 Å². The molecule has 1 unspecified atom stereocenters. The van der Waals surface area contributed by atoms with E-state index >= 15 is 0 Å². The second kappa shape index (κ2) is 4.30. The van der Waals surface area contributed by atoms with Crippen LogP contribution in [0.15, 0.2) is 4.99 Å². The summed E-state index contributed by atoms with van der Waals surface area (Å²) in [5.41, 5.74) is 0. The van der Waals surface area contributed by atoms with Crippen molar-refractivity contribution >= 4 is 22.8 Å². The highest BCUT2D eigenvalue weighted by Gasteiger charge is 2.41. The van der Waals surface area contributed by atoms with Crippen molar-refractivity contribution in [2.45, 2.75) is 50.8 Å². The summed E-state index contributed by atoms with van der Waals surface area (Å²) in [6, 6.07) is 0.488. The minimum atomic E-state index is 0.0624. The van der Waals surface area contributed by atoms with Crippen LogP contribution in [0.4, 0.5) is 0 Å². The predicted octanol–water partition coefficient (Wildman–Crippen LogP) is 2.42. The summed E-state index contributed by atoms with van der Waals surface area (Å²) in [7, 11) is 0. The third kappa shape index (κ3) is 2.12. The highest BCUT2D eigenvalue weighted by Crippen LogP contribution is 2.46. The van der Waals surface area contributed by atoms with Gasteiger partial charge in [0.2, 0.25) is 5.91 Å². The van der Waals surface area contributed by atoms with Crippen LogP contribution in [-0.2, 0) is 4.79 Å². The molecule has 1 heterocycles. The summed E-state index contributed by atoms with van der Waals surface area (Å²) < 4.78 is 0. The number of carbonyl (C=O) groups is 1. The molecular formula is C13H20N2OS. The number of rotatable bonds is 2. The van der Waals surface area contributed by atoms with Gasteiger partial charge >= 0.3 is 0 Å². The summed E-state index contributed by atoms with van der Waals surface area (Å²) in [5.74, 6) is 2.24. The Morgan fingerprint density at radius 1 is 1.35 bits per heavy atom. The first-order valence-corrected chi connectivity index (χ1v) is 7.56. The molecule has 3 fully saturated rings. The number of amidine groups is 1. The average molecular weight is 252 g/mol. The summed E-state index contributed by atoms with van der Waals surface area (Å²) in [4.78, 5) is 16.5. The molecule has 1 saturated heterocycles. The van der Waals surface area contributed by atoms with Gasteiger partial charge in [0.1, 0.15) is 0 Å². The number of amides is 1. The number of thioether (sulfide) groups is 1. The van der Waals surface area contributed by atoms with E-state index in [1.54, 1.807) is 11.8 Å². The average Bonchev–Trinajstić information content (AvgIpc) is 2.93. The van der Waals surface area contributed by atoms with Gasteiger partial charge in [0.15, 0.2) is 5.17 Å². The Labute approximate surface area is 107 Å². The van der Waals surface area contributed by atoms with E-state index in [9.17, 15) is 4.79 Å². The molecule has 3 rings (SSSR count). The first-order chi connectivity index (χ1) is 8.13. The molecule has 0 aromatic heterocycles. The molecule has 4 atom stereocenters. The largest absolute Gasteiger partial charge is 0.304 e. The van der Waals surface area contributed by atoms with Crippen molar-refractivity contribution in [2.75, 3.05) is 0 Å². The molecule has 0 spiro atoms. The van der Waals surface area contributed by atoms with E-state index < -0.39 is 0 Å². The van der Waals surface area contributed by atoms with Gasteiger partial charge in [0.25, 0.3) is 0 Å². The lowest BCUT2D eigenvalue weighted by molar-refractivity contribution is -0.119.